The molecule has 0 aromatic carbocycles. The van der Waals surface area contributed by atoms with E-state index in [1.165, 1.54) is 12.7 Å². The van der Waals surface area contributed by atoms with Gasteiger partial charge < -0.3 is 9.73 Å². The molecule has 0 spiro atoms. The molecule has 4 heteroatoms. The molecule has 0 bridgehead atoms. The largest absolute Gasteiger partial charge is 0.457 e. The molecule has 1 amide bonds. The van der Waals surface area contributed by atoms with E-state index in [9.17, 15) is 4.79 Å². The summed E-state index contributed by atoms with van der Waals surface area (Å²) in [7, 11) is 0. The topological polar surface area (TPSA) is 42.2 Å². The van der Waals surface area contributed by atoms with Gasteiger partial charge in [0, 0.05) is 6.04 Å². The van der Waals surface area contributed by atoms with Crippen molar-refractivity contribution in [3.05, 3.63) is 22.6 Å². The quantitative estimate of drug-likeness (QED) is 0.899. The second-order valence-electron chi connectivity index (χ2n) is 4.20. The van der Waals surface area contributed by atoms with Crippen LogP contribution in [0.25, 0.3) is 0 Å². The molecule has 1 N–H and O–H groups in total. The number of carbonyl (C=O) groups excluding carboxylic acids is 1. The lowest BCUT2D eigenvalue weighted by Crippen LogP contribution is -2.32. The Kier molecular flexibility index (Phi) is 3.14. The van der Waals surface area contributed by atoms with E-state index in [1.807, 2.05) is 0 Å². The molecule has 1 fully saturated rings. The average molecular weight is 272 g/mol. The summed E-state index contributed by atoms with van der Waals surface area (Å²) >= 11 is 3.20. The average Bonchev–Trinajstić information content (AvgIpc) is 2.75. The molecule has 2 atom stereocenters. The van der Waals surface area contributed by atoms with Gasteiger partial charge in [-0.3, -0.25) is 4.79 Å². The Hall–Kier alpha value is -0.770. The van der Waals surface area contributed by atoms with Gasteiger partial charge in [-0.25, -0.2) is 0 Å². The maximum absolute atomic E-state index is 11.8. The SMILES string of the molecule is CC1CCC(NC(=O)c2ccoc2Br)C1. The van der Waals surface area contributed by atoms with E-state index in [0.29, 0.717) is 16.3 Å². The van der Waals surface area contributed by atoms with Crippen LogP contribution in [0.3, 0.4) is 0 Å². The maximum Gasteiger partial charge on any atom is 0.255 e. The lowest BCUT2D eigenvalue weighted by atomic mass is 10.1. The van der Waals surface area contributed by atoms with E-state index >= 15 is 0 Å². The number of halogens is 1. The van der Waals surface area contributed by atoms with Gasteiger partial charge in [0.1, 0.15) is 0 Å². The van der Waals surface area contributed by atoms with Crippen LogP contribution in [0.5, 0.6) is 0 Å². The molecule has 1 aromatic heterocycles. The third-order valence-corrected chi connectivity index (χ3v) is 3.51. The fourth-order valence-corrected chi connectivity index (χ4v) is 2.48. The van der Waals surface area contributed by atoms with Crippen molar-refractivity contribution in [2.24, 2.45) is 5.92 Å². The Bertz CT molecular complexity index is 361. The van der Waals surface area contributed by atoms with Crippen molar-refractivity contribution in [3.63, 3.8) is 0 Å². The third-order valence-electron chi connectivity index (χ3n) is 2.89. The summed E-state index contributed by atoms with van der Waals surface area (Å²) in [5.74, 6) is 0.679. The molecule has 1 aliphatic carbocycles. The van der Waals surface area contributed by atoms with Crippen LogP contribution in [0, 0.1) is 5.92 Å². The normalized spacial score (nSPS) is 25.5. The molecule has 82 valence electrons. The Labute approximate surface area is 97.4 Å². The Morgan fingerprint density at radius 3 is 2.93 bits per heavy atom. The smallest absolute Gasteiger partial charge is 0.255 e. The first-order valence-electron chi connectivity index (χ1n) is 5.20. The first-order valence-corrected chi connectivity index (χ1v) is 6.00. The van der Waals surface area contributed by atoms with Gasteiger partial charge in [0.15, 0.2) is 4.67 Å². The van der Waals surface area contributed by atoms with Crippen LogP contribution >= 0.6 is 15.9 Å². The van der Waals surface area contributed by atoms with Crippen LogP contribution in [0.4, 0.5) is 0 Å². The van der Waals surface area contributed by atoms with Crippen molar-refractivity contribution >= 4 is 21.8 Å². The molecule has 15 heavy (non-hydrogen) atoms. The van der Waals surface area contributed by atoms with Crippen LogP contribution < -0.4 is 5.32 Å². The van der Waals surface area contributed by atoms with Gasteiger partial charge in [-0.05, 0) is 47.2 Å². The van der Waals surface area contributed by atoms with Gasteiger partial charge >= 0.3 is 0 Å². The Morgan fingerprint density at radius 1 is 1.60 bits per heavy atom. The summed E-state index contributed by atoms with van der Waals surface area (Å²) in [6.07, 6.45) is 4.89. The zero-order chi connectivity index (χ0) is 10.8. The maximum atomic E-state index is 11.8. The first kappa shape index (κ1) is 10.7. The van der Waals surface area contributed by atoms with E-state index in [-0.39, 0.29) is 5.91 Å². The molecule has 1 saturated carbocycles. The van der Waals surface area contributed by atoms with Gasteiger partial charge in [0.05, 0.1) is 11.8 Å². The van der Waals surface area contributed by atoms with Gasteiger partial charge in [-0.1, -0.05) is 6.92 Å². The molecule has 2 rings (SSSR count). The van der Waals surface area contributed by atoms with Crippen molar-refractivity contribution in [3.8, 4) is 0 Å². The van der Waals surface area contributed by atoms with Gasteiger partial charge in [0.25, 0.3) is 5.91 Å². The summed E-state index contributed by atoms with van der Waals surface area (Å²) in [4.78, 5) is 11.8. The lowest BCUT2D eigenvalue weighted by Gasteiger charge is -2.11. The number of amides is 1. The van der Waals surface area contributed by atoms with Crippen LogP contribution in [-0.2, 0) is 0 Å². The summed E-state index contributed by atoms with van der Waals surface area (Å²) in [5, 5.41) is 3.02. The van der Waals surface area contributed by atoms with Crippen LogP contribution in [0.15, 0.2) is 21.4 Å². The van der Waals surface area contributed by atoms with E-state index in [1.54, 1.807) is 6.07 Å². The molecule has 0 aliphatic heterocycles. The third kappa shape index (κ3) is 2.43. The van der Waals surface area contributed by atoms with Crippen molar-refractivity contribution in [2.45, 2.75) is 32.2 Å². The number of nitrogens with one attached hydrogen (secondary N) is 1. The van der Waals surface area contributed by atoms with E-state index < -0.39 is 0 Å². The summed E-state index contributed by atoms with van der Waals surface area (Å²) in [6, 6.07) is 2.01. The van der Waals surface area contributed by atoms with E-state index in [2.05, 4.69) is 28.2 Å². The number of hydrogen-bond acceptors (Lipinski definition) is 2. The number of furan rings is 1. The van der Waals surface area contributed by atoms with Gasteiger partial charge in [-0.15, -0.1) is 0 Å². The van der Waals surface area contributed by atoms with Crippen LogP contribution in [-0.4, -0.2) is 11.9 Å². The van der Waals surface area contributed by atoms with Gasteiger partial charge in [0.2, 0.25) is 0 Å². The van der Waals surface area contributed by atoms with Crippen molar-refractivity contribution in [1.82, 2.24) is 5.32 Å². The van der Waals surface area contributed by atoms with E-state index in [4.69, 9.17) is 4.42 Å². The fraction of sp³-hybridized carbons (Fsp3) is 0.545. The minimum absolute atomic E-state index is 0.0466. The number of rotatable bonds is 2. The monoisotopic (exact) mass is 271 g/mol. The highest BCUT2D eigenvalue weighted by molar-refractivity contribution is 9.10. The van der Waals surface area contributed by atoms with Crippen molar-refractivity contribution in [2.75, 3.05) is 0 Å². The summed E-state index contributed by atoms with van der Waals surface area (Å²) in [6.45, 7) is 2.22. The highest BCUT2D eigenvalue weighted by Crippen LogP contribution is 2.25. The Morgan fingerprint density at radius 2 is 2.40 bits per heavy atom. The molecule has 3 nitrogen and oxygen atoms in total. The summed E-state index contributed by atoms with van der Waals surface area (Å²) < 4.78 is 5.53. The Balaban J connectivity index is 1.96. The molecule has 2 unspecified atom stereocenters. The minimum atomic E-state index is -0.0466. The van der Waals surface area contributed by atoms with Crippen molar-refractivity contribution in [1.29, 1.82) is 0 Å². The molecular weight excluding hydrogens is 258 g/mol. The van der Waals surface area contributed by atoms with Crippen LogP contribution in [0.2, 0.25) is 0 Å². The van der Waals surface area contributed by atoms with E-state index in [0.717, 1.165) is 18.8 Å². The fourth-order valence-electron chi connectivity index (χ4n) is 2.06. The van der Waals surface area contributed by atoms with Crippen molar-refractivity contribution < 1.29 is 9.21 Å². The number of carbonyl (C=O) groups is 1. The number of hydrogen-bond donors (Lipinski definition) is 1. The van der Waals surface area contributed by atoms with Gasteiger partial charge in [-0.2, -0.15) is 0 Å². The highest BCUT2D eigenvalue weighted by atomic mass is 79.9. The molecule has 0 saturated heterocycles. The molecule has 1 heterocycles. The molecule has 0 radical (unpaired) electrons. The predicted octanol–water partition coefficient (Wildman–Crippen LogP) is 2.96. The standard InChI is InChI=1S/C11H14BrNO2/c1-7-2-3-8(6-7)13-11(14)9-4-5-15-10(9)12/h4-5,7-8H,2-3,6H2,1H3,(H,13,14). The molecular formula is C11H14BrNO2. The molecule has 1 aromatic rings. The second-order valence-corrected chi connectivity index (χ2v) is 4.92. The highest BCUT2D eigenvalue weighted by Gasteiger charge is 2.24. The first-order chi connectivity index (χ1) is 7.16. The zero-order valence-electron chi connectivity index (χ0n) is 8.63. The summed E-state index contributed by atoms with van der Waals surface area (Å²) in [5.41, 5.74) is 0.578. The second kappa shape index (κ2) is 4.39. The minimum Gasteiger partial charge on any atom is -0.457 e. The zero-order valence-corrected chi connectivity index (χ0v) is 10.2. The predicted molar refractivity (Wildman–Crippen MR) is 60.7 cm³/mol. The van der Waals surface area contributed by atoms with Crippen LogP contribution in [0.1, 0.15) is 36.5 Å². The molecule has 1 aliphatic rings. The lowest BCUT2D eigenvalue weighted by molar-refractivity contribution is 0.0935.